The molecular formula is C25H29ClFN3O3. The number of halogens is 2. The average molecular weight is 474 g/mol. The minimum Gasteiger partial charge on any atom is -0.354 e. The number of carbonyl (C=O) groups is 3. The number of rotatable bonds is 7. The van der Waals surface area contributed by atoms with E-state index in [-0.39, 0.29) is 29.2 Å². The van der Waals surface area contributed by atoms with Crippen molar-refractivity contribution in [2.45, 2.75) is 32.7 Å². The molecule has 1 saturated heterocycles. The summed E-state index contributed by atoms with van der Waals surface area (Å²) in [7, 11) is 0. The molecule has 0 aromatic heterocycles. The third-order valence-corrected chi connectivity index (χ3v) is 6.01. The molecule has 1 aliphatic heterocycles. The molecule has 1 fully saturated rings. The van der Waals surface area contributed by atoms with Gasteiger partial charge in [0.2, 0.25) is 5.91 Å². The first-order valence-corrected chi connectivity index (χ1v) is 11.5. The van der Waals surface area contributed by atoms with Gasteiger partial charge in [-0.15, -0.1) is 0 Å². The van der Waals surface area contributed by atoms with Crippen molar-refractivity contribution in [1.29, 1.82) is 0 Å². The Balaban J connectivity index is 1.69. The third kappa shape index (κ3) is 6.54. The summed E-state index contributed by atoms with van der Waals surface area (Å²) < 4.78 is 14.1. The molecule has 3 amide bonds. The van der Waals surface area contributed by atoms with Gasteiger partial charge in [-0.05, 0) is 61.1 Å². The normalized spacial score (nSPS) is 15.2. The van der Waals surface area contributed by atoms with E-state index in [1.54, 1.807) is 35.2 Å². The number of amides is 3. The molecule has 8 heteroatoms. The zero-order chi connectivity index (χ0) is 24.0. The van der Waals surface area contributed by atoms with Crippen molar-refractivity contribution in [2.24, 2.45) is 11.8 Å². The van der Waals surface area contributed by atoms with Gasteiger partial charge in [0.25, 0.3) is 11.8 Å². The van der Waals surface area contributed by atoms with E-state index in [0.717, 1.165) is 0 Å². The molecule has 176 valence electrons. The van der Waals surface area contributed by atoms with Crippen molar-refractivity contribution in [3.63, 3.8) is 0 Å². The van der Waals surface area contributed by atoms with Gasteiger partial charge in [0, 0.05) is 30.2 Å². The summed E-state index contributed by atoms with van der Waals surface area (Å²) in [5.41, 5.74) is 0.450. The molecule has 0 saturated carbocycles. The SMILES string of the molecule is CC(C)CNC(=O)C(NC(=O)c1ccccc1F)C1CCN(C(=O)c2ccc(Cl)cc2)CC1. The van der Waals surface area contributed by atoms with E-state index in [1.807, 2.05) is 13.8 Å². The molecule has 6 nitrogen and oxygen atoms in total. The first kappa shape index (κ1) is 24.7. The largest absolute Gasteiger partial charge is 0.354 e. The first-order chi connectivity index (χ1) is 15.8. The van der Waals surface area contributed by atoms with Gasteiger partial charge >= 0.3 is 0 Å². The van der Waals surface area contributed by atoms with Gasteiger partial charge in [0.1, 0.15) is 11.9 Å². The zero-order valence-corrected chi connectivity index (χ0v) is 19.6. The van der Waals surface area contributed by atoms with E-state index in [2.05, 4.69) is 10.6 Å². The minimum absolute atomic E-state index is 0.0960. The van der Waals surface area contributed by atoms with Crippen LogP contribution < -0.4 is 10.6 Å². The highest BCUT2D eigenvalue weighted by Crippen LogP contribution is 2.23. The molecule has 3 rings (SSSR count). The van der Waals surface area contributed by atoms with Crippen molar-refractivity contribution in [2.75, 3.05) is 19.6 Å². The van der Waals surface area contributed by atoms with Gasteiger partial charge in [0.15, 0.2) is 0 Å². The second kappa shape index (κ2) is 11.3. The summed E-state index contributed by atoms with van der Waals surface area (Å²) in [6.07, 6.45) is 1.08. The number of hydrogen-bond acceptors (Lipinski definition) is 3. The lowest BCUT2D eigenvalue weighted by atomic mass is 9.88. The maximum atomic E-state index is 14.1. The van der Waals surface area contributed by atoms with E-state index < -0.39 is 17.8 Å². The molecule has 1 atom stereocenters. The maximum Gasteiger partial charge on any atom is 0.254 e. The Morgan fingerprint density at radius 1 is 1.06 bits per heavy atom. The van der Waals surface area contributed by atoms with Crippen LogP contribution in [0.4, 0.5) is 4.39 Å². The van der Waals surface area contributed by atoms with E-state index in [0.29, 0.717) is 43.1 Å². The summed E-state index contributed by atoms with van der Waals surface area (Å²) in [6.45, 7) is 5.34. The first-order valence-electron chi connectivity index (χ1n) is 11.1. The number of nitrogens with one attached hydrogen (secondary N) is 2. The van der Waals surface area contributed by atoms with Crippen molar-refractivity contribution < 1.29 is 18.8 Å². The lowest BCUT2D eigenvalue weighted by molar-refractivity contribution is -0.124. The Kier molecular flexibility index (Phi) is 8.44. The Labute approximate surface area is 198 Å². The van der Waals surface area contributed by atoms with Gasteiger partial charge in [-0.25, -0.2) is 4.39 Å². The van der Waals surface area contributed by atoms with E-state index in [1.165, 1.54) is 18.2 Å². The van der Waals surface area contributed by atoms with Crippen LogP contribution in [0.2, 0.25) is 5.02 Å². The number of nitrogens with zero attached hydrogens (tertiary/aromatic N) is 1. The van der Waals surface area contributed by atoms with Crippen molar-refractivity contribution in [1.82, 2.24) is 15.5 Å². The molecule has 2 aromatic carbocycles. The molecule has 0 bridgehead atoms. The Morgan fingerprint density at radius 3 is 2.30 bits per heavy atom. The topological polar surface area (TPSA) is 78.5 Å². The zero-order valence-electron chi connectivity index (χ0n) is 18.8. The Hall–Kier alpha value is -2.93. The lowest BCUT2D eigenvalue weighted by Crippen LogP contribution is -2.54. The molecule has 1 heterocycles. The molecular weight excluding hydrogens is 445 g/mol. The highest BCUT2D eigenvalue weighted by molar-refractivity contribution is 6.30. The van der Waals surface area contributed by atoms with Crippen LogP contribution in [-0.4, -0.2) is 48.3 Å². The summed E-state index contributed by atoms with van der Waals surface area (Å²) in [4.78, 5) is 40.2. The second-order valence-electron chi connectivity index (χ2n) is 8.71. The Morgan fingerprint density at radius 2 is 1.70 bits per heavy atom. The number of likely N-dealkylation sites (tertiary alicyclic amines) is 1. The van der Waals surface area contributed by atoms with Crippen LogP contribution in [0.15, 0.2) is 48.5 Å². The van der Waals surface area contributed by atoms with Gasteiger partial charge in [-0.1, -0.05) is 37.6 Å². The van der Waals surface area contributed by atoms with Crippen LogP contribution in [0.5, 0.6) is 0 Å². The smallest absolute Gasteiger partial charge is 0.254 e. The fraction of sp³-hybridized carbons (Fsp3) is 0.400. The Bertz CT molecular complexity index is 989. The molecule has 0 spiro atoms. The monoisotopic (exact) mass is 473 g/mol. The fourth-order valence-corrected chi connectivity index (χ4v) is 4.01. The number of carbonyl (C=O) groups excluding carboxylic acids is 3. The second-order valence-corrected chi connectivity index (χ2v) is 9.14. The summed E-state index contributed by atoms with van der Waals surface area (Å²) in [5.74, 6) is -1.59. The highest BCUT2D eigenvalue weighted by Gasteiger charge is 2.34. The van der Waals surface area contributed by atoms with Crippen LogP contribution in [0.1, 0.15) is 47.4 Å². The summed E-state index contributed by atoms with van der Waals surface area (Å²) in [6, 6.07) is 11.6. The summed E-state index contributed by atoms with van der Waals surface area (Å²) in [5, 5.41) is 6.18. The molecule has 0 radical (unpaired) electrons. The van der Waals surface area contributed by atoms with E-state index in [4.69, 9.17) is 11.6 Å². The number of benzene rings is 2. The highest BCUT2D eigenvalue weighted by atomic mass is 35.5. The van der Waals surface area contributed by atoms with Gasteiger partial charge in [0.05, 0.1) is 5.56 Å². The molecule has 2 aromatic rings. The van der Waals surface area contributed by atoms with Crippen LogP contribution >= 0.6 is 11.6 Å². The molecule has 0 aliphatic carbocycles. The minimum atomic E-state index is -0.816. The quantitative estimate of drug-likeness (QED) is 0.640. The molecule has 33 heavy (non-hydrogen) atoms. The van der Waals surface area contributed by atoms with Gasteiger partial charge in [-0.3, -0.25) is 14.4 Å². The third-order valence-electron chi connectivity index (χ3n) is 5.76. The predicted octanol–water partition coefficient (Wildman–Crippen LogP) is 3.90. The molecule has 2 N–H and O–H groups in total. The number of hydrogen-bond donors (Lipinski definition) is 2. The van der Waals surface area contributed by atoms with Crippen molar-refractivity contribution in [3.05, 3.63) is 70.5 Å². The van der Waals surface area contributed by atoms with Crippen molar-refractivity contribution in [3.8, 4) is 0 Å². The van der Waals surface area contributed by atoms with Crippen molar-refractivity contribution >= 4 is 29.3 Å². The fourth-order valence-electron chi connectivity index (χ4n) is 3.89. The maximum absolute atomic E-state index is 14.1. The van der Waals surface area contributed by atoms with Gasteiger partial charge in [-0.2, -0.15) is 0 Å². The predicted molar refractivity (Wildman–Crippen MR) is 126 cm³/mol. The van der Waals surface area contributed by atoms with E-state index in [9.17, 15) is 18.8 Å². The van der Waals surface area contributed by atoms with Crippen LogP contribution in [-0.2, 0) is 4.79 Å². The average Bonchev–Trinajstić information content (AvgIpc) is 2.81. The number of piperidine rings is 1. The van der Waals surface area contributed by atoms with Gasteiger partial charge < -0.3 is 15.5 Å². The van der Waals surface area contributed by atoms with Crippen LogP contribution in [0.25, 0.3) is 0 Å². The molecule has 1 unspecified atom stereocenters. The van der Waals surface area contributed by atoms with Crippen LogP contribution in [0, 0.1) is 17.7 Å². The van der Waals surface area contributed by atoms with Crippen LogP contribution in [0.3, 0.4) is 0 Å². The summed E-state index contributed by atoms with van der Waals surface area (Å²) >= 11 is 5.91. The standard InChI is InChI=1S/C25H29ClFN3O3/c1-16(2)15-28-24(32)22(29-23(31)20-5-3-4-6-21(20)27)17-11-13-30(14-12-17)25(33)18-7-9-19(26)10-8-18/h3-10,16-17,22H,11-15H2,1-2H3,(H,28,32)(H,29,31). The molecule has 1 aliphatic rings. The van der Waals surface area contributed by atoms with E-state index >= 15 is 0 Å². The lowest BCUT2D eigenvalue weighted by Gasteiger charge is -2.36.